The first-order valence-electron chi connectivity index (χ1n) is 10.7. The fourth-order valence-electron chi connectivity index (χ4n) is 3.74. The lowest BCUT2D eigenvalue weighted by Crippen LogP contribution is -2.27. The molecule has 1 N–H and O–H groups in total. The lowest BCUT2D eigenvalue weighted by molar-refractivity contribution is 0.0784. The molecule has 33 heavy (non-hydrogen) atoms. The molecule has 7 nitrogen and oxygen atoms in total. The highest BCUT2D eigenvalue weighted by Crippen LogP contribution is 2.22. The molecular weight excluding hydrogens is 416 g/mol. The topological polar surface area (TPSA) is 80.4 Å². The van der Waals surface area contributed by atoms with Crippen LogP contribution in [0.3, 0.4) is 0 Å². The number of aromatic nitrogens is 2. The van der Waals surface area contributed by atoms with E-state index in [9.17, 15) is 9.59 Å². The minimum absolute atomic E-state index is 0.144. The van der Waals surface area contributed by atoms with Crippen LogP contribution in [-0.4, -0.2) is 33.5 Å². The Labute approximate surface area is 192 Å². The Balaban J connectivity index is 1.53. The van der Waals surface area contributed by atoms with Crippen LogP contribution < -0.4 is 5.32 Å². The molecule has 0 bridgehead atoms. The van der Waals surface area contributed by atoms with Crippen LogP contribution >= 0.6 is 0 Å². The van der Waals surface area contributed by atoms with Crippen molar-refractivity contribution in [2.75, 3.05) is 12.4 Å². The van der Waals surface area contributed by atoms with Crippen molar-refractivity contribution in [1.29, 1.82) is 0 Å². The summed E-state index contributed by atoms with van der Waals surface area (Å²) in [5.74, 6) is -0.292. The van der Waals surface area contributed by atoms with Crippen LogP contribution in [0.5, 0.6) is 0 Å². The maximum atomic E-state index is 13.2. The summed E-state index contributed by atoms with van der Waals surface area (Å²) in [6.07, 6.45) is 1.45. The molecule has 168 valence electrons. The van der Waals surface area contributed by atoms with Gasteiger partial charge in [0.25, 0.3) is 11.8 Å². The second-order valence-electron chi connectivity index (χ2n) is 8.02. The number of furan rings is 1. The molecule has 0 spiro atoms. The molecule has 4 aromatic rings. The second kappa shape index (κ2) is 9.16. The van der Waals surface area contributed by atoms with Crippen LogP contribution in [0, 0.1) is 20.8 Å². The van der Waals surface area contributed by atoms with E-state index in [2.05, 4.69) is 10.4 Å². The van der Waals surface area contributed by atoms with Crippen LogP contribution in [0.4, 0.5) is 5.69 Å². The highest BCUT2D eigenvalue weighted by Gasteiger charge is 2.19. The van der Waals surface area contributed by atoms with Crippen molar-refractivity contribution in [2.24, 2.45) is 0 Å². The largest absolute Gasteiger partial charge is 0.459 e. The zero-order chi connectivity index (χ0) is 23.5. The third-order valence-corrected chi connectivity index (χ3v) is 5.66. The Morgan fingerprint density at radius 1 is 1.03 bits per heavy atom. The van der Waals surface area contributed by atoms with Gasteiger partial charge in [-0.05, 0) is 62.7 Å². The molecule has 2 amide bonds. The lowest BCUT2D eigenvalue weighted by Gasteiger charge is -2.19. The van der Waals surface area contributed by atoms with Gasteiger partial charge in [-0.25, -0.2) is 4.68 Å². The van der Waals surface area contributed by atoms with E-state index in [0.717, 1.165) is 28.2 Å². The molecule has 0 atom stereocenters. The summed E-state index contributed by atoms with van der Waals surface area (Å²) < 4.78 is 7.05. The summed E-state index contributed by atoms with van der Waals surface area (Å²) in [5.41, 5.74) is 5.77. The van der Waals surface area contributed by atoms with Crippen molar-refractivity contribution in [3.63, 3.8) is 0 Å². The normalized spacial score (nSPS) is 10.8. The van der Waals surface area contributed by atoms with Gasteiger partial charge in [0.2, 0.25) is 0 Å². The van der Waals surface area contributed by atoms with Crippen LogP contribution in [0.25, 0.3) is 5.69 Å². The SMILES string of the molecule is Cc1ccc(C(=O)N(C)Cc2c(C)nn(-c3ccccc3)c2C)cc1NC(=O)c1ccco1. The Kier molecular flexibility index (Phi) is 6.13. The standard InChI is InChI=1S/C26H26N4O3/c1-17-12-13-20(15-23(17)27-25(31)24-11-8-14-33-24)26(32)29(4)16-22-18(2)28-30(19(22)3)21-9-6-5-7-10-21/h5-15H,16H2,1-4H3,(H,27,31). The fraction of sp³-hybridized carbons (Fsp3) is 0.192. The first-order valence-corrected chi connectivity index (χ1v) is 10.7. The highest BCUT2D eigenvalue weighted by molar-refractivity contribution is 6.03. The summed E-state index contributed by atoms with van der Waals surface area (Å²) in [6, 6.07) is 18.5. The molecule has 0 saturated carbocycles. The number of aryl methyl sites for hydroxylation is 2. The summed E-state index contributed by atoms with van der Waals surface area (Å²) in [5, 5.41) is 7.49. The van der Waals surface area contributed by atoms with Gasteiger partial charge in [-0.2, -0.15) is 5.10 Å². The summed E-state index contributed by atoms with van der Waals surface area (Å²) >= 11 is 0. The molecule has 2 heterocycles. The van der Waals surface area contributed by atoms with E-state index in [-0.39, 0.29) is 17.6 Å². The van der Waals surface area contributed by atoms with Crippen LogP contribution in [0.1, 0.15) is 43.4 Å². The zero-order valence-corrected chi connectivity index (χ0v) is 19.1. The lowest BCUT2D eigenvalue weighted by atomic mass is 10.1. The van der Waals surface area contributed by atoms with E-state index in [0.29, 0.717) is 17.8 Å². The van der Waals surface area contributed by atoms with E-state index < -0.39 is 0 Å². The average Bonchev–Trinajstić information content (AvgIpc) is 3.45. The monoisotopic (exact) mass is 442 g/mol. The number of hydrogen-bond donors (Lipinski definition) is 1. The van der Waals surface area contributed by atoms with Crippen molar-refractivity contribution in [1.82, 2.24) is 14.7 Å². The molecule has 2 aromatic heterocycles. The number of para-hydroxylation sites is 1. The van der Waals surface area contributed by atoms with E-state index in [4.69, 9.17) is 4.42 Å². The number of carbonyl (C=O) groups is 2. The molecule has 0 radical (unpaired) electrons. The number of nitrogens with one attached hydrogen (secondary N) is 1. The molecule has 0 fully saturated rings. The maximum absolute atomic E-state index is 13.2. The van der Waals surface area contributed by atoms with Gasteiger partial charge in [0, 0.05) is 36.1 Å². The number of rotatable bonds is 6. The Morgan fingerprint density at radius 2 is 1.79 bits per heavy atom. The molecule has 0 aliphatic heterocycles. The van der Waals surface area contributed by atoms with E-state index in [1.807, 2.05) is 61.9 Å². The van der Waals surface area contributed by atoms with Gasteiger partial charge in [0.1, 0.15) is 0 Å². The number of hydrogen-bond acceptors (Lipinski definition) is 4. The molecular formula is C26H26N4O3. The second-order valence-corrected chi connectivity index (χ2v) is 8.02. The van der Waals surface area contributed by atoms with Crippen molar-refractivity contribution in [2.45, 2.75) is 27.3 Å². The third-order valence-electron chi connectivity index (χ3n) is 5.66. The van der Waals surface area contributed by atoms with Gasteiger partial charge in [0.05, 0.1) is 17.6 Å². The number of nitrogens with zero attached hydrogens (tertiary/aromatic N) is 3. The van der Waals surface area contributed by atoms with E-state index in [1.165, 1.54) is 6.26 Å². The number of amides is 2. The molecule has 0 unspecified atom stereocenters. The smallest absolute Gasteiger partial charge is 0.291 e. The highest BCUT2D eigenvalue weighted by atomic mass is 16.3. The zero-order valence-electron chi connectivity index (χ0n) is 19.1. The predicted octanol–water partition coefficient (Wildman–Crippen LogP) is 4.92. The quantitative estimate of drug-likeness (QED) is 0.460. The van der Waals surface area contributed by atoms with Crippen molar-refractivity contribution < 1.29 is 14.0 Å². The molecule has 7 heteroatoms. The predicted molar refractivity (Wildman–Crippen MR) is 127 cm³/mol. The molecule has 0 saturated heterocycles. The van der Waals surface area contributed by atoms with Gasteiger partial charge in [-0.15, -0.1) is 0 Å². The van der Waals surface area contributed by atoms with E-state index in [1.54, 1.807) is 36.2 Å². The summed E-state index contributed by atoms with van der Waals surface area (Å²) in [4.78, 5) is 27.2. The molecule has 0 aliphatic carbocycles. The first-order chi connectivity index (χ1) is 15.8. The van der Waals surface area contributed by atoms with Crippen LogP contribution in [0.2, 0.25) is 0 Å². The van der Waals surface area contributed by atoms with Gasteiger partial charge in [-0.3, -0.25) is 9.59 Å². The summed E-state index contributed by atoms with van der Waals surface area (Å²) in [7, 11) is 1.77. The van der Waals surface area contributed by atoms with Gasteiger partial charge in [0.15, 0.2) is 5.76 Å². The van der Waals surface area contributed by atoms with Crippen molar-refractivity contribution in [3.05, 3.63) is 101 Å². The molecule has 0 aliphatic rings. The van der Waals surface area contributed by atoms with Gasteiger partial charge >= 0.3 is 0 Å². The average molecular weight is 443 g/mol. The van der Waals surface area contributed by atoms with Crippen molar-refractivity contribution >= 4 is 17.5 Å². The minimum atomic E-state index is -0.361. The van der Waals surface area contributed by atoms with Gasteiger partial charge < -0.3 is 14.6 Å². The first kappa shape index (κ1) is 22.1. The number of anilines is 1. The van der Waals surface area contributed by atoms with Gasteiger partial charge in [-0.1, -0.05) is 24.3 Å². The minimum Gasteiger partial charge on any atom is -0.459 e. The Morgan fingerprint density at radius 3 is 2.48 bits per heavy atom. The Bertz CT molecular complexity index is 1290. The number of benzene rings is 2. The Hall–Kier alpha value is -4.13. The molecule has 4 rings (SSSR count). The third kappa shape index (κ3) is 4.57. The number of carbonyl (C=O) groups excluding carboxylic acids is 2. The van der Waals surface area contributed by atoms with Crippen LogP contribution in [0.15, 0.2) is 71.3 Å². The fourth-order valence-corrected chi connectivity index (χ4v) is 3.74. The van der Waals surface area contributed by atoms with E-state index >= 15 is 0 Å². The van der Waals surface area contributed by atoms with Crippen molar-refractivity contribution in [3.8, 4) is 5.69 Å². The molecule has 2 aromatic carbocycles. The summed E-state index contributed by atoms with van der Waals surface area (Å²) in [6.45, 7) is 6.26. The maximum Gasteiger partial charge on any atom is 0.291 e. The van der Waals surface area contributed by atoms with Crippen LogP contribution in [-0.2, 0) is 6.54 Å².